The molecule has 0 radical (unpaired) electrons. The molecule has 0 saturated heterocycles. The third kappa shape index (κ3) is 5.55. The van der Waals surface area contributed by atoms with Gasteiger partial charge in [-0.2, -0.15) is 0 Å². The zero-order valence-corrected chi connectivity index (χ0v) is 20.0. The van der Waals surface area contributed by atoms with Gasteiger partial charge in [-0.15, -0.1) is 0 Å². The summed E-state index contributed by atoms with van der Waals surface area (Å²) in [5, 5.41) is 3.68. The number of fused-ring (bicyclic) bond motifs is 1. The smallest absolute Gasteiger partial charge is 0.338 e. The Labute approximate surface area is 199 Å². The van der Waals surface area contributed by atoms with Crippen LogP contribution in [0.2, 0.25) is 0 Å². The van der Waals surface area contributed by atoms with E-state index in [1.165, 1.54) is 23.1 Å². The highest BCUT2D eigenvalue weighted by Crippen LogP contribution is 2.30. The lowest BCUT2D eigenvalue weighted by Crippen LogP contribution is -2.22. The Morgan fingerprint density at radius 1 is 1.09 bits per heavy atom. The van der Waals surface area contributed by atoms with Crippen molar-refractivity contribution >= 4 is 50.3 Å². The van der Waals surface area contributed by atoms with Crippen LogP contribution < -0.4 is 5.32 Å². The summed E-state index contributed by atoms with van der Waals surface area (Å²) in [5.41, 5.74) is 2.99. The highest BCUT2D eigenvalue weighted by molar-refractivity contribution is 8.00. The Balaban J connectivity index is 1.46. The summed E-state index contributed by atoms with van der Waals surface area (Å²) in [6.07, 6.45) is 0. The van der Waals surface area contributed by atoms with E-state index in [4.69, 9.17) is 4.74 Å². The monoisotopic (exact) mass is 478 g/mol. The first-order chi connectivity index (χ1) is 15.9. The molecule has 4 rings (SSSR count). The number of carbonyl (C=O) groups excluding carboxylic acids is 2. The molecule has 7 nitrogen and oxygen atoms in total. The third-order valence-electron chi connectivity index (χ3n) is 4.68. The number of carbonyl (C=O) groups is 2. The van der Waals surface area contributed by atoms with Crippen LogP contribution in [0.4, 0.5) is 5.13 Å². The van der Waals surface area contributed by atoms with E-state index < -0.39 is 5.25 Å². The zero-order chi connectivity index (χ0) is 23.4. The van der Waals surface area contributed by atoms with Gasteiger partial charge in [0.25, 0.3) is 0 Å². The summed E-state index contributed by atoms with van der Waals surface area (Å²) in [6, 6.07) is 16.9. The van der Waals surface area contributed by atoms with Gasteiger partial charge >= 0.3 is 5.97 Å². The van der Waals surface area contributed by atoms with E-state index in [1.54, 1.807) is 25.1 Å². The molecule has 0 bridgehead atoms. The molecule has 4 aromatic rings. The van der Waals surface area contributed by atoms with Crippen molar-refractivity contribution < 1.29 is 14.3 Å². The van der Waals surface area contributed by atoms with Gasteiger partial charge < -0.3 is 10.1 Å². The first-order valence-electron chi connectivity index (χ1n) is 10.4. The minimum atomic E-state index is -0.398. The number of aryl methyl sites for hydroxylation is 1. The van der Waals surface area contributed by atoms with Gasteiger partial charge in [-0.25, -0.2) is 19.7 Å². The topological polar surface area (TPSA) is 94.1 Å². The van der Waals surface area contributed by atoms with Crippen molar-refractivity contribution in [3.63, 3.8) is 0 Å². The van der Waals surface area contributed by atoms with E-state index in [0.717, 1.165) is 21.0 Å². The van der Waals surface area contributed by atoms with Crippen LogP contribution in [0.3, 0.4) is 0 Å². The Bertz CT molecular complexity index is 1310. The number of nitrogens with zero attached hydrogens (tertiary/aromatic N) is 3. The SMILES string of the molecule is CCOC(=O)c1ccc2nc(NC(=O)C(C)Sc3cc(-c4ccccc4)nc(C)n3)sc2c1. The van der Waals surface area contributed by atoms with Gasteiger partial charge in [0.05, 0.1) is 33.3 Å². The minimum Gasteiger partial charge on any atom is -0.462 e. The molecule has 0 aliphatic carbocycles. The van der Waals surface area contributed by atoms with Crippen molar-refractivity contribution in [2.75, 3.05) is 11.9 Å². The molecule has 2 aromatic heterocycles. The number of hydrogen-bond donors (Lipinski definition) is 1. The van der Waals surface area contributed by atoms with E-state index in [9.17, 15) is 9.59 Å². The molecule has 0 aliphatic heterocycles. The van der Waals surface area contributed by atoms with Crippen LogP contribution in [0.1, 0.15) is 30.0 Å². The van der Waals surface area contributed by atoms with Gasteiger partial charge in [-0.1, -0.05) is 53.4 Å². The fraction of sp³-hybridized carbons (Fsp3) is 0.208. The number of thiazole rings is 1. The van der Waals surface area contributed by atoms with E-state index in [2.05, 4.69) is 20.3 Å². The number of amides is 1. The summed E-state index contributed by atoms with van der Waals surface area (Å²) >= 11 is 2.68. The van der Waals surface area contributed by atoms with Gasteiger partial charge in [0.2, 0.25) is 5.91 Å². The first kappa shape index (κ1) is 22.9. The largest absolute Gasteiger partial charge is 0.462 e. The number of esters is 1. The summed E-state index contributed by atoms with van der Waals surface area (Å²) in [6.45, 7) is 5.75. The predicted molar refractivity (Wildman–Crippen MR) is 132 cm³/mol. The molecule has 1 atom stereocenters. The Hall–Kier alpha value is -3.30. The first-order valence-corrected chi connectivity index (χ1v) is 12.1. The number of aromatic nitrogens is 3. The van der Waals surface area contributed by atoms with Crippen molar-refractivity contribution in [1.29, 1.82) is 0 Å². The van der Waals surface area contributed by atoms with Crippen LogP contribution in [0.5, 0.6) is 0 Å². The molecule has 0 aliphatic rings. The standard InChI is InChI=1S/C24H22N4O3S2/c1-4-31-23(30)17-10-11-18-20(12-17)33-24(27-18)28-22(29)14(2)32-21-13-19(25-15(3)26-21)16-8-6-5-7-9-16/h5-14H,4H2,1-3H3,(H,27,28,29). The molecule has 0 spiro atoms. The number of rotatable bonds is 7. The second kappa shape index (κ2) is 10.1. The molecule has 1 N–H and O–H groups in total. The number of benzene rings is 2. The van der Waals surface area contributed by atoms with Crippen LogP contribution in [-0.4, -0.2) is 38.7 Å². The fourth-order valence-corrected chi connectivity index (χ4v) is 4.92. The van der Waals surface area contributed by atoms with Crippen molar-refractivity contribution in [2.45, 2.75) is 31.0 Å². The highest BCUT2D eigenvalue weighted by Gasteiger charge is 2.19. The van der Waals surface area contributed by atoms with Crippen molar-refractivity contribution in [2.24, 2.45) is 0 Å². The average molecular weight is 479 g/mol. The zero-order valence-electron chi connectivity index (χ0n) is 18.4. The molecular weight excluding hydrogens is 456 g/mol. The minimum absolute atomic E-state index is 0.179. The third-order valence-corrected chi connectivity index (χ3v) is 6.63. The van der Waals surface area contributed by atoms with Crippen molar-refractivity contribution in [1.82, 2.24) is 15.0 Å². The van der Waals surface area contributed by atoms with Crippen LogP contribution in [0, 0.1) is 6.92 Å². The molecule has 0 saturated carbocycles. The molecule has 2 aromatic carbocycles. The Morgan fingerprint density at radius 3 is 2.64 bits per heavy atom. The number of anilines is 1. The van der Waals surface area contributed by atoms with Gasteiger partial charge in [0, 0.05) is 5.56 Å². The van der Waals surface area contributed by atoms with E-state index >= 15 is 0 Å². The van der Waals surface area contributed by atoms with Gasteiger partial charge in [0.1, 0.15) is 10.9 Å². The van der Waals surface area contributed by atoms with E-state index in [0.29, 0.717) is 28.6 Å². The summed E-state index contributed by atoms with van der Waals surface area (Å²) < 4.78 is 5.84. The fourth-order valence-electron chi connectivity index (χ4n) is 3.12. The van der Waals surface area contributed by atoms with E-state index in [1.807, 2.05) is 50.2 Å². The number of thioether (sulfide) groups is 1. The molecule has 1 unspecified atom stereocenters. The van der Waals surface area contributed by atoms with E-state index in [-0.39, 0.29) is 11.9 Å². The Kier molecular flexibility index (Phi) is 7.00. The molecule has 1 amide bonds. The van der Waals surface area contributed by atoms with Gasteiger partial charge in [-0.3, -0.25) is 4.79 Å². The molecule has 0 fully saturated rings. The van der Waals surface area contributed by atoms with Crippen LogP contribution in [0.15, 0.2) is 59.6 Å². The normalized spacial score (nSPS) is 11.8. The molecule has 9 heteroatoms. The quantitative estimate of drug-likeness (QED) is 0.217. The molecular formula is C24H22N4O3S2. The van der Waals surface area contributed by atoms with Crippen LogP contribution in [-0.2, 0) is 9.53 Å². The van der Waals surface area contributed by atoms with Gasteiger partial charge in [0.15, 0.2) is 5.13 Å². The maximum atomic E-state index is 12.8. The Morgan fingerprint density at radius 2 is 1.88 bits per heavy atom. The molecule has 2 heterocycles. The van der Waals surface area contributed by atoms with Crippen LogP contribution >= 0.6 is 23.1 Å². The summed E-state index contributed by atoms with van der Waals surface area (Å²) in [5.74, 6) is 0.0932. The number of nitrogens with one attached hydrogen (secondary N) is 1. The summed E-state index contributed by atoms with van der Waals surface area (Å²) in [4.78, 5) is 38.2. The number of hydrogen-bond acceptors (Lipinski definition) is 8. The number of ether oxygens (including phenoxy) is 1. The average Bonchev–Trinajstić information content (AvgIpc) is 3.20. The van der Waals surface area contributed by atoms with Crippen LogP contribution in [0.25, 0.3) is 21.5 Å². The molecule has 168 valence electrons. The lowest BCUT2D eigenvalue weighted by molar-refractivity contribution is -0.115. The second-order valence-electron chi connectivity index (χ2n) is 7.18. The predicted octanol–water partition coefficient (Wildman–Crippen LogP) is 5.36. The maximum absolute atomic E-state index is 12.8. The lowest BCUT2D eigenvalue weighted by atomic mass is 10.1. The second-order valence-corrected chi connectivity index (χ2v) is 9.57. The molecule has 33 heavy (non-hydrogen) atoms. The lowest BCUT2D eigenvalue weighted by Gasteiger charge is -2.11. The summed E-state index contributed by atoms with van der Waals surface area (Å²) in [7, 11) is 0. The van der Waals surface area contributed by atoms with Crippen molar-refractivity contribution in [3.8, 4) is 11.3 Å². The van der Waals surface area contributed by atoms with Crippen molar-refractivity contribution in [3.05, 3.63) is 66.0 Å². The highest BCUT2D eigenvalue weighted by atomic mass is 32.2. The van der Waals surface area contributed by atoms with Gasteiger partial charge in [-0.05, 0) is 45.0 Å². The maximum Gasteiger partial charge on any atom is 0.338 e.